The second kappa shape index (κ2) is 2.63. The SMILES string of the molecule is C[C@@]12CCCC[C@@H]1CN(Cl)C2. The number of rotatable bonds is 0. The van der Waals surface area contributed by atoms with Crippen LogP contribution in [0.4, 0.5) is 0 Å². The Hall–Kier alpha value is 0.250. The zero-order chi connectivity index (χ0) is 7.90. The van der Waals surface area contributed by atoms with E-state index in [1.165, 1.54) is 25.7 Å². The van der Waals surface area contributed by atoms with Gasteiger partial charge < -0.3 is 0 Å². The van der Waals surface area contributed by atoms with Gasteiger partial charge in [0.05, 0.1) is 0 Å². The summed E-state index contributed by atoms with van der Waals surface area (Å²) < 4.78 is 1.98. The topological polar surface area (TPSA) is 3.24 Å². The van der Waals surface area contributed by atoms with Crippen LogP contribution in [0.5, 0.6) is 0 Å². The fourth-order valence-electron chi connectivity index (χ4n) is 2.69. The Morgan fingerprint density at radius 1 is 1.45 bits per heavy atom. The molecular weight excluding hydrogens is 158 g/mol. The molecule has 0 aromatic carbocycles. The van der Waals surface area contributed by atoms with E-state index in [0.29, 0.717) is 5.41 Å². The predicted octanol–water partition coefficient (Wildman–Crippen LogP) is 2.65. The standard InChI is InChI=1S/C9H16ClN/c1-9-5-3-2-4-8(9)6-11(10)7-9/h8H,2-7H2,1H3/t8-,9+/m1/s1. The normalized spacial score (nSPS) is 45.8. The molecule has 2 fully saturated rings. The van der Waals surface area contributed by atoms with Gasteiger partial charge in [0, 0.05) is 13.1 Å². The van der Waals surface area contributed by atoms with Gasteiger partial charge in [-0.25, -0.2) is 4.42 Å². The molecule has 2 rings (SSSR count). The first-order valence-corrected chi connectivity index (χ1v) is 4.95. The lowest BCUT2D eigenvalue weighted by Crippen LogP contribution is -2.29. The Bertz CT molecular complexity index is 160. The fraction of sp³-hybridized carbons (Fsp3) is 1.00. The molecule has 1 aliphatic carbocycles. The lowest BCUT2D eigenvalue weighted by atomic mass is 9.70. The Labute approximate surface area is 73.8 Å². The average molecular weight is 174 g/mol. The fourth-order valence-corrected chi connectivity index (χ4v) is 3.13. The summed E-state index contributed by atoms with van der Waals surface area (Å²) in [5, 5.41) is 0. The molecule has 0 radical (unpaired) electrons. The number of hydrogen-bond acceptors (Lipinski definition) is 1. The summed E-state index contributed by atoms with van der Waals surface area (Å²) >= 11 is 6.01. The highest BCUT2D eigenvalue weighted by atomic mass is 35.5. The van der Waals surface area contributed by atoms with Gasteiger partial charge in [-0.3, -0.25) is 0 Å². The van der Waals surface area contributed by atoms with Crippen molar-refractivity contribution in [2.75, 3.05) is 13.1 Å². The van der Waals surface area contributed by atoms with Crippen molar-refractivity contribution in [3.63, 3.8) is 0 Å². The van der Waals surface area contributed by atoms with Gasteiger partial charge in [-0.15, -0.1) is 0 Å². The van der Waals surface area contributed by atoms with E-state index in [1.807, 2.05) is 4.42 Å². The van der Waals surface area contributed by atoms with Crippen molar-refractivity contribution in [1.29, 1.82) is 0 Å². The Balaban J connectivity index is 2.11. The third-order valence-corrected chi connectivity index (χ3v) is 3.74. The van der Waals surface area contributed by atoms with E-state index >= 15 is 0 Å². The van der Waals surface area contributed by atoms with Gasteiger partial charge in [-0.2, -0.15) is 0 Å². The van der Waals surface area contributed by atoms with Gasteiger partial charge in [0.15, 0.2) is 0 Å². The molecule has 2 aliphatic rings. The molecule has 1 heterocycles. The van der Waals surface area contributed by atoms with Crippen molar-refractivity contribution >= 4 is 11.8 Å². The van der Waals surface area contributed by atoms with Crippen LogP contribution >= 0.6 is 11.8 Å². The van der Waals surface area contributed by atoms with Crippen molar-refractivity contribution < 1.29 is 0 Å². The third-order valence-electron chi connectivity index (χ3n) is 3.49. The molecular formula is C9H16ClN. The zero-order valence-corrected chi connectivity index (χ0v) is 7.90. The summed E-state index contributed by atoms with van der Waals surface area (Å²) in [6.07, 6.45) is 5.63. The van der Waals surface area contributed by atoms with E-state index in [9.17, 15) is 0 Å². The third kappa shape index (κ3) is 1.29. The highest BCUT2D eigenvalue weighted by Crippen LogP contribution is 2.46. The number of fused-ring (bicyclic) bond motifs is 1. The monoisotopic (exact) mass is 173 g/mol. The molecule has 64 valence electrons. The molecule has 1 nitrogen and oxygen atoms in total. The summed E-state index contributed by atoms with van der Waals surface area (Å²) in [6, 6.07) is 0. The molecule has 2 heteroatoms. The van der Waals surface area contributed by atoms with Crippen LogP contribution in [0.15, 0.2) is 0 Å². The molecule has 0 aromatic heterocycles. The predicted molar refractivity (Wildman–Crippen MR) is 47.5 cm³/mol. The van der Waals surface area contributed by atoms with E-state index in [-0.39, 0.29) is 0 Å². The smallest absolute Gasteiger partial charge is 0.0196 e. The van der Waals surface area contributed by atoms with E-state index < -0.39 is 0 Å². The van der Waals surface area contributed by atoms with Crippen molar-refractivity contribution in [2.24, 2.45) is 11.3 Å². The summed E-state index contributed by atoms with van der Waals surface area (Å²) in [6.45, 7) is 4.64. The summed E-state index contributed by atoms with van der Waals surface area (Å²) in [4.78, 5) is 0. The van der Waals surface area contributed by atoms with Crippen LogP contribution in [0.2, 0.25) is 0 Å². The molecule has 0 aromatic rings. The van der Waals surface area contributed by atoms with Crippen LogP contribution in [0.1, 0.15) is 32.6 Å². The summed E-state index contributed by atoms with van der Waals surface area (Å²) in [7, 11) is 0. The van der Waals surface area contributed by atoms with Gasteiger partial charge >= 0.3 is 0 Å². The molecule has 0 amide bonds. The lowest BCUT2D eigenvalue weighted by Gasteiger charge is -2.34. The molecule has 2 atom stereocenters. The van der Waals surface area contributed by atoms with E-state index in [1.54, 1.807) is 0 Å². The minimum atomic E-state index is 0.556. The first-order valence-electron chi connectivity index (χ1n) is 4.61. The van der Waals surface area contributed by atoms with Gasteiger partial charge in [0.2, 0.25) is 0 Å². The first kappa shape index (κ1) is 7.88. The van der Waals surface area contributed by atoms with E-state index in [4.69, 9.17) is 11.8 Å². The van der Waals surface area contributed by atoms with Gasteiger partial charge in [-0.05, 0) is 36.0 Å². The highest BCUT2D eigenvalue weighted by molar-refractivity contribution is 6.13. The molecule has 0 bridgehead atoms. The first-order chi connectivity index (χ1) is 5.21. The van der Waals surface area contributed by atoms with Crippen molar-refractivity contribution in [2.45, 2.75) is 32.6 Å². The average Bonchev–Trinajstić information content (AvgIpc) is 2.22. The van der Waals surface area contributed by atoms with Crippen LogP contribution in [0.25, 0.3) is 0 Å². The van der Waals surface area contributed by atoms with Crippen LogP contribution in [-0.4, -0.2) is 17.5 Å². The quantitative estimate of drug-likeness (QED) is 0.509. The molecule has 0 spiro atoms. The molecule has 1 saturated heterocycles. The number of halogens is 1. The Morgan fingerprint density at radius 3 is 3.00 bits per heavy atom. The second-order valence-corrected chi connectivity index (χ2v) is 4.88. The largest absolute Gasteiger partial charge is 0.219 e. The maximum Gasteiger partial charge on any atom is 0.0196 e. The molecule has 1 saturated carbocycles. The lowest BCUT2D eigenvalue weighted by molar-refractivity contribution is 0.173. The molecule has 0 unspecified atom stereocenters. The van der Waals surface area contributed by atoms with Crippen LogP contribution in [0.3, 0.4) is 0 Å². The van der Waals surface area contributed by atoms with Gasteiger partial charge in [0.1, 0.15) is 0 Å². The van der Waals surface area contributed by atoms with Gasteiger partial charge in [-0.1, -0.05) is 19.8 Å². The minimum absolute atomic E-state index is 0.556. The Morgan fingerprint density at radius 2 is 2.27 bits per heavy atom. The molecule has 1 aliphatic heterocycles. The van der Waals surface area contributed by atoms with Crippen molar-refractivity contribution in [1.82, 2.24) is 4.42 Å². The second-order valence-electron chi connectivity index (χ2n) is 4.40. The number of nitrogens with zero attached hydrogens (tertiary/aromatic N) is 1. The van der Waals surface area contributed by atoms with E-state index in [0.717, 1.165) is 19.0 Å². The van der Waals surface area contributed by atoms with E-state index in [2.05, 4.69) is 6.92 Å². The van der Waals surface area contributed by atoms with Gasteiger partial charge in [0.25, 0.3) is 0 Å². The minimum Gasteiger partial charge on any atom is -0.219 e. The highest BCUT2D eigenvalue weighted by Gasteiger charge is 2.43. The van der Waals surface area contributed by atoms with Crippen molar-refractivity contribution in [3.05, 3.63) is 0 Å². The van der Waals surface area contributed by atoms with Crippen LogP contribution in [-0.2, 0) is 0 Å². The summed E-state index contributed by atoms with van der Waals surface area (Å²) in [5.41, 5.74) is 0.556. The zero-order valence-electron chi connectivity index (χ0n) is 7.15. The van der Waals surface area contributed by atoms with Crippen molar-refractivity contribution in [3.8, 4) is 0 Å². The summed E-state index contributed by atoms with van der Waals surface area (Å²) in [5.74, 6) is 0.883. The Kier molecular flexibility index (Phi) is 1.89. The van der Waals surface area contributed by atoms with Crippen LogP contribution < -0.4 is 0 Å². The van der Waals surface area contributed by atoms with Crippen LogP contribution in [0, 0.1) is 11.3 Å². The molecule has 11 heavy (non-hydrogen) atoms. The number of hydrogen-bond donors (Lipinski definition) is 0. The maximum atomic E-state index is 6.01. The maximum absolute atomic E-state index is 6.01. The molecule has 0 N–H and O–H groups in total.